The Morgan fingerprint density at radius 1 is 1.54 bits per heavy atom. The van der Waals surface area contributed by atoms with Crippen LogP contribution < -0.4 is 0 Å². The fourth-order valence-electron chi connectivity index (χ4n) is 0.820. The summed E-state index contributed by atoms with van der Waals surface area (Å²) in [7, 11) is 0. The molecule has 0 unspecified atom stereocenters. The number of phenols is 1. The van der Waals surface area contributed by atoms with Crippen LogP contribution >= 0.6 is 11.6 Å². The number of nitrogens with zero attached hydrogens (tertiary/aromatic N) is 1. The monoisotopic (exact) mass is 197 g/mol. The Kier molecular flexibility index (Phi) is 2.40. The number of aromatic carboxylic acids is 1. The summed E-state index contributed by atoms with van der Waals surface area (Å²) in [6.07, 6.45) is 0. The fraction of sp³-hybridized carbons (Fsp3) is 0. The van der Waals surface area contributed by atoms with Crippen molar-refractivity contribution in [1.82, 2.24) is 0 Å². The molecule has 1 aromatic rings. The zero-order valence-electron chi connectivity index (χ0n) is 6.28. The Labute approximate surface area is 78.6 Å². The van der Waals surface area contributed by atoms with Gasteiger partial charge in [-0.2, -0.15) is 5.26 Å². The molecular formula is C8H4ClNO3. The predicted octanol–water partition coefficient (Wildman–Crippen LogP) is 1.62. The van der Waals surface area contributed by atoms with E-state index in [0.29, 0.717) is 0 Å². The predicted molar refractivity (Wildman–Crippen MR) is 44.8 cm³/mol. The van der Waals surface area contributed by atoms with Crippen LogP contribution in [0.1, 0.15) is 15.9 Å². The highest BCUT2D eigenvalue weighted by molar-refractivity contribution is 6.32. The van der Waals surface area contributed by atoms with E-state index in [4.69, 9.17) is 27.1 Å². The molecule has 0 bridgehead atoms. The normalized spacial score (nSPS) is 9.23. The van der Waals surface area contributed by atoms with Gasteiger partial charge in [-0.15, -0.1) is 0 Å². The lowest BCUT2D eigenvalue weighted by Gasteiger charge is -2.00. The van der Waals surface area contributed by atoms with Crippen LogP contribution in [0.15, 0.2) is 12.1 Å². The second-order valence-electron chi connectivity index (χ2n) is 2.27. The standard InChI is InChI=1S/C8H4ClNO3/c9-6-2-7(11)5(8(12)13)1-4(6)3-10/h1-2,11H,(H,12,13). The summed E-state index contributed by atoms with van der Waals surface area (Å²) >= 11 is 5.53. The van der Waals surface area contributed by atoms with Crippen LogP contribution in [-0.4, -0.2) is 16.2 Å². The van der Waals surface area contributed by atoms with Crippen molar-refractivity contribution < 1.29 is 15.0 Å². The van der Waals surface area contributed by atoms with Crippen molar-refractivity contribution in [3.8, 4) is 11.8 Å². The molecule has 0 saturated heterocycles. The average molecular weight is 198 g/mol. The Hall–Kier alpha value is -1.73. The van der Waals surface area contributed by atoms with Crippen molar-refractivity contribution in [3.05, 3.63) is 28.3 Å². The molecule has 0 heterocycles. The molecule has 2 N–H and O–H groups in total. The fourth-order valence-corrected chi connectivity index (χ4v) is 1.02. The lowest BCUT2D eigenvalue weighted by atomic mass is 10.1. The highest BCUT2D eigenvalue weighted by Gasteiger charge is 2.12. The maximum Gasteiger partial charge on any atom is 0.339 e. The van der Waals surface area contributed by atoms with Crippen molar-refractivity contribution in [2.75, 3.05) is 0 Å². The first-order chi connectivity index (χ1) is 6.06. The molecule has 0 aliphatic rings. The Balaban J connectivity index is 3.41. The van der Waals surface area contributed by atoms with E-state index in [2.05, 4.69) is 0 Å². The molecule has 1 rings (SSSR count). The summed E-state index contributed by atoms with van der Waals surface area (Å²) in [4.78, 5) is 10.5. The molecular weight excluding hydrogens is 194 g/mol. The van der Waals surface area contributed by atoms with E-state index >= 15 is 0 Å². The first-order valence-corrected chi connectivity index (χ1v) is 3.60. The van der Waals surface area contributed by atoms with Crippen molar-refractivity contribution in [1.29, 1.82) is 5.26 Å². The summed E-state index contributed by atoms with van der Waals surface area (Å²) < 4.78 is 0. The molecule has 0 aliphatic heterocycles. The van der Waals surface area contributed by atoms with Gasteiger partial charge in [0.05, 0.1) is 10.6 Å². The third kappa shape index (κ3) is 1.71. The summed E-state index contributed by atoms with van der Waals surface area (Å²) in [6.45, 7) is 0. The number of carboxylic acid groups (broad SMARTS) is 1. The molecule has 0 radical (unpaired) electrons. The molecule has 0 amide bonds. The van der Waals surface area contributed by atoms with Crippen LogP contribution in [0.4, 0.5) is 0 Å². The topological polar surface area (TPSA) is 81.3 Å². The summed E-state index contributed by atoms with van der Waals surface area (Å²) in [5.74, 6) is -1.75. The minimum atomic E-state index is -1.30. The van der Waals surface area contributed by atoms with E-state index in [9.17, 15) is 4.79 Å². The second-order valence-corrected chi connectivity index (χ2v) is 2.67. The Bertz CT molecular complexity index is 409. The smallest absolute Gasteiger partial charge is 0.339 e. The Morgan fingerprint density at radius 2 is 2.15 bits per heavy atom. The van der Waals surface area contributed by atoms with E-state index in [1.165, 1.54) is 0 Å². The molecule has 0 spiro atoms. The highest BCUT2D eigenvalue weighted by atomic mass is 35.5. The van der Waals surface area contributed by atoms with Crippen LogP contribution in [0.2, 0.25) is 5.02 Å². The third-order valence-electron chi connectivity index (χ3n) is 1.44. The van der Waals surface area contributed by atoms with Crippen LogP contribution in [-0.2, 0) is 0 Å². The van der Waals surface area contributed by atoms with Gasteiger partial charge >= 0.3 is 5.97 Å². The second kappa shape index (κ2) is 3.33. The van der Waals surface area contributed by atoms with Crippen LogP contribution in [0.3, 0.4) is 0 Å². The summed E-state index contributed by atoms with van der Waals surface area (Å²) in [5.41, 5.74) is -0.308. The van der Waals surface area contributed by atoms with Gasteiger partial charge < -0.3 is 10.2 Å². The minimum Gasteiger partial charge on any atom is -0.507 e. The van der Waals surface area contributed by atoms with Crippen molar-refractivity contribution in [2.45, 2.75) is 0 Å². The summed E-state index contributed by atoms with van der Waals surface area (Å²) in [5, 5.41) is 26.2. The van der Waals surface area contributed by atoms with E-state index in [0.717, 1.165) is 12.1 Å². The van der Waals surface area contributed by atoms with E-state index < -0.39 is 11.7 Å². The Morgan fingerprint density at radius 3 is 2.62 bits per heavy atom. The molecule has 0 fully saturated rings. The van der Waals surface area contributed by atoms with Crippen LogP contribution in [0.5, 0.6) is 5.75 Å². The van der Waals surface area contributed by atoms with Crippen LogP contribution in [0.25, 0.3) is 0 Å². The lowest BCUT2D eigenvalue weighted by molar-refractivity contribution is 0.0693. The quantitative estimate of drug-likeness (QED) is 0.717. The van der Waals surface area contributed by atoms with Crippen molar-refractivity contribution >= 4 is 17.6 Å². The SMILES string of the molecule is N#Cc1cc(C(=O)O)c(O)cc1Cl. The van der Waals surface area contributed by atoms with Crippen LogP contribution in [0, 0.1) is 11.3 Å². The molecule has 4 nitrogen and oxygen atoms in total. The number of rotatable bonds is 1. The molecule has 5 heteroatoms. The maximum atomic E-state index is 10.5. The molecule has 13 heavy (non-hydrogen) atoms. The van der Waals surface area contributed by atoms with E-state index in [1.807, 2.05) is 0 Å². The number of benzene rings is 1. The van der Waals surface area contributed by atoms with Gasteiger partial charge in [-0.1, -0.05) is 11.6 Å². The average Bonchev–Trinajstić information content (AvgIpc) is 2.03. The van der Waals surface area contributed by atoms with E-state index in [-0.39, 0.29) is 16.1 Å². The number of carboxylic acids is 1. The minimum absolute atomic E-state index is 0.0249. The third-order valence-corrected chi connectivity index (χ3v) is 1.75. The van der Waals surface area contributed by atoms with Gasteiger partial charge in [-0.3, -0.25) is 0 Å². The van der Waals surface area contributed by atoms with Gasteiger partial charge in [-0.05, 0) is 6.07 Å². The number of aromatic hydroxyl groups is 1. The van der Waals surface area contributed by atoms with Gasteiger partial charge in [0.15, 0.2) is 0 Å². The zero-order valence-corrected chi connectivity index (χ0v) is 7.04. The summed E-state index contributed by atoms with van der Waals surface area (Å²) in [6, 6.07) is 3.77. The molecule has 0 aromatic heterocycles. The van der Waals surface area contributed by atoms with Gasteiger partial charge in [0.2, 0.25) is 0 Å². The molecule has 1 aromatic carbocycles. The molecule has 0 saturated carbocycles. The lowest BCUT2D eigenvalue weighted by Crippen LogP contribution is -1.97. The van der Waals surface area contributed by atoms with Crippen molar-refractivity contribution in [2.24, 2.45) is 0 Å². The number of carbonyl (C=O) groups is 1. The highest BCUT2D eigenvalue weighted by Crippen LogP contribution is 2.25. The molecule has 0 atom stereocenters. The maximum absolute atomic E-state index is 10.5. The van der Waals surface area contributed by atoms with Gasteiger partial charge in [0.1, 0.15) is 17.4 Å². The number of hydrogen-bond acceptors (Lipinski definition) is 3. The largest absolute Gasteiger partial charge is 0.507 e. The van der Waals surface area contributed by atoms with Gasteiger partial charge in [0.25, 0.3) is 0 Å². The first-order valence-electron chi connectivity index (χ1n) is 3.22. The number of halogens is 1. The number of nitriles is 1. The number of hydrogen-bond donors (Lipinski definition) is 2. The molecule has 66 valence electrons. The zero-order chi connectivity index (χ0) is 10.0. The van der Waals surface area contributed by atoms with Gasteiger partial charge in [0, 0.05) is 6.07 Å². The van der Waals surface area contributed by atoms with Gasteiger partial charge in [-0.25, -0.2) is 4.79 Å². The first kappa shape index (κ1) is 9.36. The van der Waals surface area contributed by atoms with E-state index in [1.54, 1.807) is 6.07 Å². The van der Waals surface area contributed by atoms with Crippen molar-refractivity contribution in [3.63, 3.8) is 0 Å². The molecule has 0 aliphatic carbocycles.